The second-order valence-electron chi connectivity index (χ2n) is 6.77. The van der Waals surface area contributed by atoms with Crippen molar-refractivity contribution in [3.63, 3.8) is 0 Å². The SMILES string of the molecule is Cc1cc(NC(=O)C(C)n2nc(C)c(S(=O)(=O)N(C)Cc3ccco3)c2C)no1. The standard InChI is InChI=1S/C18H23N5O5S/c1-11-9-16(21-28-11)19-18(24)14(4)23-13(3)17(12(2)20-23)29(25,26)22(5)10-15-7-6-8-27-15/h6-9,14H,10H2,1-5H3,(H,19,21,24). The van der Waals surface area contributed by atoms with Crippen LogP contribution < -0.4 is 5.32 Å². The second kappa shape index (κ2) is 7.84. The number of furan rings is 1. The smallest absolute Gasteiger partial charge is 0.250 e. The lowest BCUT2D eigenvalue weighted by molar-refractivity contribution is -0.119. The number of aryl methyl sites for hydroxylation is 2. The summed E-state index contributed by atoms with van der Waals surface area (Å²) in [4.78, 5) is 12.6. The number of anilines is 1. The molecule has 1 unspecified atom stereocenters. The summed E-state index contributed by atoms with van der Waals surface area (Å²) in [5.41, 5.74) is 0.679. The molecular weight excluding hydrogens is 398 g/mol. The Morgan fingerprint density at radius 2 is 2.07 bits per heavy atom. The highest BCUT2D eigenvalue weighted by atomic mass is 32.2. The van der Waals surface area contributed by atoms with Crippen LogP contribution in [-0.4, -0.2) is 40.6 Å². The molecule has 3 aromatic heterocycles. The minimum absolute atomic E-state index is 0.0727. The van der Waals surface area contributed by atoms with E-state index in [-0.39, 0.29) is 17.3 Å². The molecule has 0 aliphatic carbocycles. The number of nitrogens with zero attached hydrogens (tertiary/aromatic N) is 4. The van der Waals surface area contributed by atoms with Gasteiger partial charge < -0.3 is 14.3 Å². The molecule has 156 valence electrons. The molecular formula is C18H23N5O5S. The summed E-state index contributed by atoms with van der Waals surface area (Å²) >= 11 is 0. The molecule has 0 spiro atoms. The molecule has 0 bridgehead atoms. The maximum Gasteiger partial charge on any atom is 0.250 e. The predicted octanol–water partition coefficient (Wildman–Crippen LogP) is 2.41. The van der Waals surface area contributed by atoms with Gasteiger partial charge in [-0.25, -0.2) is 8.42 Å². The summed E-state index contributed by atoms with van der Waals surface area (Å²) in [5.74, 6) is 0.977. The molecule has 1 N–H and O–H groups in total. The van der Waals surface area contributed by atoms with Gasteiger partial charge in [-0.05, 0) is 39.8 Å². The summed E-state index contributed by atoms with van der Waals surface area (Å²) < 4.78 is 39.0. The van der Waals surface area contributed by atoms with Crippen LogP contribution in [-0.2, 0) is 21.4 Å². The molecule has 1 amide bonds. The Hall–Kier alpha value is -2.92. The summed E-state index contributed by atoms with van der Waals surface area (Å²) in [6.07, 6.45) is 1.49. The van der Waals surface area contributed by atoms with Crippen molar-refractivity contribution in [3.05, 3.63) is 47.4 Å². The van der Waals surface area contributed by atoms with Crippen molar-refractivity contribution < 1.29 is 22.2 Å². The topological polar surface area (TPSA) is 123 Å². The average Bonchev–Trinajstić information content (AvgIpc) is 3.36. The molecule has 3 aromatic rings. The normalized spacial score (nSPS) is 13.0. The third-order valence-electron chi connectivity index (χ3n) is 4.51. The summed E-state index contributed by atoms with van der Waals surface area (Å²) in [6, 6.07) is 4.23. The quantitative estimate of drug-likeness (QED) is 0.621. The fraction of sp³-hybridized carbons (Fsp3) is 0.389. The number of carbonyl (C=O) groups excluding carboxylic acids is 1. The lowest BCUT2D eigenvalue weighted by Crippen LogP contribution is -2.28. The van der Waals surface area contributed by atoms with Crippen LogP contribution in [0.3, 0.4) is 0 Å². The first-order valence-electron chi connectivity index (χ1n) is 8.90. The van der Waals surface area contributed by atoms with Gasteiger partial charge in [-0.15, -0.1) is 0 Å². The van der Waals surface area contributed by atoms with Crippen molar-refractivity contribution in [1.29, 1.82) is 0 Å². The van der Waals surface area contributed by atoms with Crippen molar-refractivity contribution in [2.24, 2.45) is 0 Å². The van der Waals surface area contributed by atoms with Crippen molar-refractivity contribution in [2.75, 3.05) is 12.4 Å². The maximum atomic E-state index is 13.1. The lowest BCUT2D eigenvalue weighted by Gasteiger charge is -2.17. The van der Waals surface area contributed by atoms with Crippen molar-refractivity contribution in [3.8, 4) is 0 Å². The van der Waals surface area contributed by atoms with Gasteiger partial charge in [-0.3, -0.25) is 9.48 Å². The molecule has 11 heteroatoms. The van der Waals surface area contributed by atoms with Crippen LogP contribution in [0.2, 0.25) is 0 Å². The average molecular weight is 421 g/mol. The minimum atomic E-state index is -3.84. The van der Waals surface area contributed by atoms with E-state index in [9.17, 15) is 13.2 Å². The zero-order chi connectivity index (χ0) is 21.3. The molecule has 0 aliphatic heterocycles. The van der Waals surface area contributed by atoms with E-state index in [4.69, 9.17) is 8.94 Å². The third kappa shape index (κ3) is 4.10. The Labute approximate surface area is 168 Å². The van der Waals surface area contributed by atoms with E-state index in [1.54, 1.807) is 45.9 Å². The van der Waals surface area contributed by atoms with E-state index in [2.05, 4.69) is 15.6 Å². The summed E-state index contributed by atoms with van der Waals surface area (Å²) in [6.45, 7) is 6.65. The first-order chi connectivity index (χ1) is 13.6. The van der Waals surface area contributed by atoms with Gasteiger partial charge in [0.1, 0.15) is 22.5 Å². The van der Waals surface area contributed by atoms with Crippen LogP contribution in [0.4, 0.5) is 5.82 Å². The summed E-state index contributed by atoms with van der Waals surface area (Å²) in [7, 11) is -2.37. The highest BCUT2D eigenvalue weighted by Gasteiger charge is 2.31. The van der Waals surface area contributed by atoms with Gasteiger partial charge in [-0.2, -0.15) is 9.40 Å². The fourth-order valence-corrected chi connectivity index (χ4v) is 4.52. The van der Waals surface area contributed by atoms with Crippen molar-refractivity contribution in [1.82, 2.24) is 19.2 Å². The predicted molar refractivity (Wildman–Crippen MR) is 104 cm³/mol. The molecule has 0 fully saturated rings. The van der Waals surface area contributed by atoms with Crippen LogP contribution in [0, 0.1) is 20.8 Å². The van der Waals surface area contributed by atoms with E-state index in [1.165, 1.54) is 22.3 Å². The number of rotatable bonds is 7. The Balaban J connectivity index is 1.86. The molecule has 0 saturated heterocycles. The van der Waals surface area contributed by atoms with Gasteiger partial charge in [0.15, 0.2) is 5.82 Å². The Bertz CT molecular complexity index is 1110. The highest BCUT2D eigenvalue weighted by molar-refractivity contribution is 7.89. The first-order valence-corrected chi connectivity index (χ1v) is 10.3. The van der Waals surface area contributed by atoms with E-state index < -0.39 is 22.0 Å². The van der Waals surface area contributed by atoms with Crippen molar-refractivity contribution in [2.45, 2.75) is 45.2 Å². The number of aromatic nitrogens is 3. The first kappa shape index (κ1) is 20.8. The Morgan fingerprint density at radius 1 is 1.34 bits per heavy atom. The molecule has 3 heterocycles. The molecule has 0 radical (unpaired) electrons. The third-order valence-corrected chi connectivity index (χ3v) is 6.57. The molecule has 0 aliphatic rings. The van der Waals surface area contributed by atoms with Gasteiger partial charge in [0.2, 0.25) is 15.9 Å². The van der Waals surface area contributed by atoms with Crippen LogP contribution in [0.25, 0.3) is 0 Å². The fourth-order valence-electron chi connectivity index (χ4n) is 3.03. The van der Waals surface area contributed by atoms with Crippen LogP contribution in [0.5, 0.6) is 0 Å². The van der Waals surface area contributed by atoms with E-state index in [1.807, 2.05) is 0 Å². The minimum Gasteiger partial charge on any atom is -0.468 e. The van der Waals surface area contributed by atoms with Crippen molar-refractivity contribution >= 4 is 21.7 Å². The van der Waals surface area contributed by atoms with Gasteiger partial charge >= 0.3 is 0 Å². The number of sulfonamides is 1. The van der Waals surface area contributed by atoms with E-state index in [0.29, 0.717) is 22.9 Å². The lowest BCUT2D eigenvalue weighted by atomic mass is 10.3. The summed E-state index contributed by atoms with van der Waals surface area (Å²) in [5, 5.41) is 10.7. The number of hydrogen-bond donors (Lipinski definition) is 1. The molecule has 10 nitrogen and oxygen atoms in total. The van der Waals surface area contributed by atoms with Gasteiger partial charge in [-0.1, -0.05) is 5.16 Å². The maximum absolute atomic E-state index is 13.1. The largest absolute Gasteiger partial charge is 0.468 e. The zero-order valence-corrected chi connectivity index (χ0v) is 17.6. The molecule has 0 saturated carbocycles. The van der Waals surface area contributed by atoms with Gasteiger partial charge in [0.25, 0.3) is 0 Å². The molecule has 3 rings (SSSR count). The molecule has 0 aromatic carbocycles. The Morgan fingerprint density at radius 3 is 2.66 bits per heavy atom. The van der Waals surface area contributed by atoms with Gasteiger partial charge in [0.05, 0.1) is 24.2 Å². The zero-order valence-electron chi connectivity index (χ0n) is 16.8. The highest BCUT2D eigenvalue weighted by Crippen LogP contribution is 2.26. The van der Waals surface area contributed by atoms with Gasteiger partial charge in [0, 0.05) is 13.1 Å². The van der Waals surface area contributed by atoms with Crippen LogP contribution >= 0.6 is 0 Å². The number of nitrogens with one attached hydrogen (secondary N) is 1. The number of amides is 1. The number of hydrogen-bond acceptors (Lipinski definition) is 7. The van der Waals surface area contributed by atoms with Crippen LogP contribution in [0.15, 0.2) is 38.3 Å². The monoisotopic (exact) mass is 421 g/mol. The number of carbonyl (C=O) groups is 1. The second-order valence-corrected chi connectivity index (χ2v) is 8.75. The Kier molecular flexibility index (Phi) is 5.62. The van der Waals surface area contributed by atoms with E-state index >= 15 is 0 Å². The molecule has 29 heavy (non-hydrogen) atoms. The van der Waals surface area contributed by atoms with Crippen LogP contribution in [0.1, 0.15) is 35.9 Å². The van der Waals surface area contributed by atoms with E-state index in [0.717, 1.165) is 0 Å². The molecule has 1 atom stereocenters.